The first-order chi connectivity index (χ1) is 13.3. The zero-order valence-electron chi connectivity index (χ0n) is 16.7. The Morgan fingerprint density at radius 3 is 2.36 bits per heavy atom. The molecule has 1 saturated heterocycles. The summed E-state index contributed by atoms with van der Waals surface area (Å²) in [6.07, 6.45) is 2.17. The standard InChI is InChI=1S/C21H28N4O3/c1-14(2)12-18(22)20-23-19(13-28-20)21(27)25-10-8-24(9-11-25)17-6-4-16(5-7-17)15(3)26/h4-7,13-14,18H,8-12,22H2,1-3H3. The van der Waals surface area contributed by atoms with Crippen LogP contribution in [0.5, 0.6) is 0 Å². The lowest BCUT2D eigenvalue weighted by atomic mass is 10.0. The Balaban J connectivity index is 1.58. The lowest BCUT2D eigenvalue weighted by Crippen LogP contribution is -2.48. The lowest BCUT2D eigenvalue weighted by Gasteiger charge is -2.35. The summed E-state index contributed by atoms with van der Waals surface area (Å²) in [5, 5.41) is 0. The second-order valence-corrected chi connectivity index (χ2v) is 7.69. The molecule has 28 heavy (non-hydrogen) atoms. The van der Waals surface area contributed by atoms with Crippen LogP contribution >= 0.6 is 0 Å². The van der Waals surface area contributed by atoms with Gasteiger partial charge in [-0.3, -0.25) is 9.59 Å². The second-order valence-electron chi connectivity index (χ2n) is 7.69. The van der Waals surface area contributed by atoms with Gasteiger partial charge in [0.2, 0.25) is 5.89 Å². The largest absolute Gasteiger partial charge is 0.446 e. The molecule has 1 amide bonds. The van der Waals surface area contributed by atoms with Crippen molar-refractivity contribution in [3.05, 3.63) is 47.7 Å². The molecule has 1 atom stereocenters. The van der Waals surface area contributed by atoms with E-state index in [0.717, 1.165) is 25.2 Å². The van der Waals surface area contributed by atoms with Crippen LogP contribution in [0.4, 0.5) is 5.69 Å². The number of carbonyl (C=O) groups is 2. The lowest BCUT2D eigenvalue weighted by molar-refractivity contribution is 0.0740. The van der Waals surface area contributed by atoms with E-state index in [4.69, 9.17) is 10.2 Å². The third-order valence-electron chi connectivity index (χ3n) is 4.99. The molecule has 1 aliphatic rings. The highest BCUT2D eigenvalue weighted by Crippen LogP contribution is 2.21. The Morgan fingerprint density at radius 1 is 1.14 bits per heavy atom. The summed E-state index contributed by atoms with van der Waals surface area (Å²) >= 11 is 0. The van der Waals surface area contributed by atoms with Crippen molar-refractivity contribution in [2.75, 3.05) is 31.1 Å². The highest BCUT2D eigenvalue weighted by Gasteiger charge is 2.25. The number of carbonyl (C=O) groups excluding carboxylic acids is 2. The number of nitrogens with two attached hydrogens (primary N) is 1. The summed E-state index contributed by atoms with van der Waals surface area (Å²) in [5.74, 6) is 0.778. The molecule has 1 unspecified atom stereocenters. The Morgan fingerprint density at radius 2 is 1.79 bits per heavy atom. The van der Waals surface area contributed by atoms with Gasteiger partial charge in [0.05, 0.1) is 6.04 Å². The van der Waals surface area contributed by atoms with Gasteiger partial charge in [0.1, 0.15) is 6.26 Å². The summed E-state index contributed by atoms with van der Waals surface area (Å²) < 4.78 is 5.44. The van der Waals surface area contributed by atoms with Gasteiger partial charge in [-0.1, -0.05) is 13.8 Å². The van der Waals surface area contributed by atoms with Gasteiger partial charge in [-0.15, -0.1) is 0 Å². The van der Waals surface area contributed by atoms with E-state index in [1.807, 2.05) is 24.3 Å². The molecule has 7 heteroatoms. The van der Waals surface area contributed by atoms with Crippen LogP contribution in [0.15, 0.2) is 34.9 Å². The van der Waals surface area contributed by atoms with E-state index < -0.39 is 0 Å². The van der Waals surface area contributed by atoms with Crippen molar-refractivity contribution in [1.82, 2.24) is 9.88 Å². The molecule has 3 rings (SSSR count). The molecular weight excluding hydrogens is 356 g/mol. The van der Waals surface area contributed by atoms with Gasteiger partial charge >= 0.3 is 0 Å². The second kappa shape index (κ2) is 8.56. The smallest absolute Gasteiger partial charge is 0.275 e. The first kappa shape index (κ1) is 20.1. The molecule has 2 heterocycles. The number of piperazine rings is 1. The average Bonchev–Trinajstić information content (AvgIpc) is 3.17. The van der Waals surface area contributed by atoms with Crippen LogP contribution < -0.4 is 10.6 Å². The molecule has 1 fully saturated rings. The number of ketones is 1. The summed E-state index contributed by atoms with van der Waals surface area (Å²) in [6, 6.07) is 7.29. The van der Waals surface area contributed by atoms with E-state index in [-0.39, 0.29) is 17.7 Å². The Hall–Kier alpha value is -2.67. The van der Waals surface area contributed by atoms with E-state index in [2.05, 4.69) is 23.7 Å². The highest BCUT2D eigenvalue weighted by atomic mass is 16.3. The fraction of sp³-hybridized carbons (Fsp3) is 0.476. The quantitative estimate of drug-likeness (QED) is 0.770. The minimum absolute atomic E-state index is 0.0575. The predicted octanol–water partition coefficient (Wildman–Crippen LogP) is 2.89. The summed E-state index contributed by atoms with van der Waals surface area (Å²) in [6.45, 7) is 8.39. The van der Waals surface area contributed by atoms with Crippen molar-refractivity contribution in [2.45, 2.75) is 33.2 Å². The van der Waals surface area contributed by atoms with E-state index >= 15 is 0 Å². The molecule has 0 radical (unpaired) electrons. The number of rotatable bonds is 6. The van der Waals surface area contributed by atoms with E-state index in [0.29, 0.717) is 36.2 Å². The summed E-state index contributed by atoms with van der Waals surface area (Å²) in [4.78, 5) is 32.4. The summed E-state index contributed by atoms with van der Waals surface area (Å²) in [7, 11) is 0. The molecule has 1 aromatic carbocycles. The van der Waals surface area contributed by atoms with E-state index in [1.165, 1.54) is 6.26 Å². The maximum absolute atomic E-state index is 12.7. The number of Topliss-reactive ketones (excluding diaryl/α,β-unsaturated/α-hetero) is 1. The van der Waals surface area contributed by atoms with Gasteiger partial charge in [0.15, 0.2) is 11.5 Å². The van der Waals surface area contributed by atoms with Crippen LogP contribution in [0, 0.1) is 5.92 Å². The molecule has 0 aliphatic carbocycles. The molecule has 0 spiro atoms. The molecular formula is C21H28N4O3. The fourth-order valence-corrected chi connectivity index (χ4v) is 3.40. The number of anilines is 1. The van der Waals surface area contributed by atoms with Gasteiger partial charge in [0, 0.05) is 37.4 Å². The topological polar surface area (TPSA) is 92.7 Å². The average molecular weight is 384 g/mol. The summed E-state index contributed by atoms with van der Waals surface area (Å²) in [5.41, 5.74) is 8.16. The molecule has 150 valence electrons. The number of amides is 1. The van der Waals surface area contributed by atoms with Crippen LogP contribution in [0.25, 0.3) is 0 Å². The van der Waals surface area contributed by atoms with Crippen molar-refractivity contribution in [3.63, 3.8) is 0 Å². The molecule has 2 N–H and O–H groups in total. The van der Waals surface area contributed by atoms with Crippen molar-refractivity contribution in [2.24, 2.45) is 11.7 Å². The van der Waals surface area contributed by atoms with Crippen molar-refractivity contribution in [3.8, 4) is 0 Å². The third-order valence-corrected chi connectivity index (χ3v) is 4.99. The minimum Gasteiger partial charge on any atom is -0.446 e. The maximum atomic E-state index is 12.7. The molecule has 2 aromatic rings. The van der Waals surface area contributed by atoms with Gasteiger partial charge < -0.3 is 20.0 Å². The number of aromatic nitrogens is 1. The first-order valence-electron chi connectivity index (χ1n) is 9.71. The predicted molar refractivity (Wildman–Crippen MR) is 107 cm³/mol. The highest BCUT2D eigenvalue weighted by molar-refractivity contribution is 5.94. The van der Waals surface area contributed by atoms with Crippen molar-refractivity contribution >= 4 is 17.4 Å². The minimum atomic E-state index is -0.295. The Labute approximate surface area is 165 Å². The normalized spacial score (nSPS) is 15.8. The molecule has 7 nitrogen and oxygen atoms in total. The van der Waals surface area contributed by atoms with Gasteiger partial charge in [-0.05, 0) is 43.5 Å². The number of hydrogen-bond acceptors (Lipinski definition) is 6. The van der Waals surface area contributed by atoms with Gasteiger partial charge in [-0.25, -0.2) is 4.98 Å². The monoisotopic (exact) mass is 384 g/mol. The van der Waals surface area contributed by atoms with Crippen LogP contribution in [-0.2, 0) is 0 Å². The van der Waals surface area contributed by atoms with Crippen molar-refractivity contribution < 1.29 is 14.0 Å². The van der Waals surface area contributed by atoms with Crippen molar-refractivity contribution in [1.29, 1.82) is 0 Å². The Kier molecular flexibility index (Phi) is 6.14. The van der Waals surface area contributed by atoms with Crippen LogP contribution in [0.1, 0.15) is 60.0 Å². The van der Waals surface area contributed by atoms with Crippen LogP contribution in [0.3, 0.4) is 0 Å². The number of hydrogen-bond donors (Lipinski definition) is 1. The number of benzene rings is 1. The van der Waals surface area contributed by atoms with Crippen LogP contribution in [0.2, 0.25) is 0 Å². The molecule has 0 saturated carbocycles. The number of oxazole rings is 1. The first-order valence-corrected chi connectivity index (χ1v) is 9.71. The molecule has 1 aliphatic heterocycles. The molecule has 1 aromatic heterocycles. The number of nitrogens with zero attached hydrogens (tertiary/aromatic N) is 3. The Bertz CT molecular complexity index is 820. The maximum Gasteiger partial charge on any atom is 0.275 e. The van der Waals surface area contributed by atoms with Gasteiger partial charge in [-0.2, -0.15) is 0 Å². The van der Waals surface area contributed by atoms with E-state index in [9.17, 15) is 9.59 Å². The molecule has 0 bridgehead atoms. The zero-order valence-corrected chi connectivity index (χ0v) is 16.7. The van der Waals surface area contributed by atoms with E-state index in [1.54, 1.807) is 11.8 Å². The van der Waals surface area contributed by atoms with Gasteiger partial charge in [0.25, 0.3) is 5.91 Å². The van der Waals surface area contributed by atoms with Crippen LogP contribution in [-0.4, -0.2) is 47.8 Å². The SMILES string of the molecule is CC(=O)c1ccc(N2CCN(C(=O)c3coc(C(N)CC(C)C)n3)CC2)cc1. The fourth-order valence-electron chi connectivity index (χ4n) is 3.40. The zero-order chi connectivity index (χ0) is 20.3. The third kappa shape index (κ3) is 4.59.